The second-order valence-corrected chi connectivity index (χ2v) is 6.07. The summed E-state index contributed by atoms with van der Waals surface area (Å²) >= 11 is 0. The summed E-state index contributed by atoms with van der Waals surface area (Å²) in [6, 6.07) is 0. The Balaban J connectivity index is 1.82. The van der Waals surface area contributed by atoms with Gasteiger partial charge in [-0.1, -0.05) is 14.3 Å². The number of carbonyl (C=O) groups is 3. The maximum atomic E-state index is 11.5. The maximum absolute atomic E-state index is 11.5. The van der Waals surface area contributed by atoms with Gasteiger partial charge in [0.05, 0.1) is 5.92 Å². The van der Waals surface area contributed by atoms with E-state index in [0.29, 0.717) is 11.5 Å². The molecule has 2 aliphatic rings. The summed E-state index contributed by atoms with van der Waals surface area (Å²) in [5, 5.41) is 11.2. The molecule has 8 nitrogen and oxygen atoms in total. The van der Waals surface area contributed by atoms with Gasteiger partial charge in [-0.2, -0.15) is 0 Å². The van der Waals surface area contributed by atoms with Gasteiger partial charge in [0.15, 0.2) is 11.5 Å². The summed E-state index contributed by atoms with van der Waals surface area (Å²) < 4.78 is 5.66. The highest BCUT2D eigenvalue weighted by Crippen LogP contribution is 2.34. The van der Waals surface area contributed by atoms with Crippen LogP contribution in [-0.2, 0) is 19.2 Å². The standard InChI is InChI=1S/C11H15N2O6P/c1-11(20)7(4-5-12(11)17)6-18-10(16)19-13-8(14)2-3-9(13)15/h5,7H,2-4,6,20H2,1H3/t7-,11+/m0/s1. The smallest absolute Gasteiger partial charge is 0.533 e. The lowest BCUT2D eigenvalue weighted by Crippen LogP contribution is -2.36. The molecule has 1 unspecified atom stereocenters. The first-order valence-electron chi connectivity index (χ1n) is 6.11. The Labute approximate surface area is 117 Å². The molecular weight excluding hydrogens is 287 g/mol. The van der Waals surface area contributed by atoms with E-state index in [0.717, 1.165) is 4.74 Å². The predicted molar refractivity (Wildman–Crippen MR) is 69.4 cm³/mol. The predicted octanol–water partition coefficient (Wildman–Crippen LogP) is 0.396. The van der Waals surface area contributed by atoms with E-state index in [1.165, 1.54) is 6.21 Å². The summed E-state index contributed by atoms with van der Waals surface area (Å²) in [5.41, 5.74) is 0. The van der Waals surface area contributed by atoms with Crippen LogP contribution < -0.4 is 0 Å². The van der Waals surface area contributed by atoms with Crippen LogP contribution in [0.4, 0.5) is 4.79 Å². The van der Waals surface area contributed by atoms with Gasteiger partial charge >= 0.3 is 6.16 Å². The molecule has 1 saturated heterocycles. The fourth-order valence-electron chi connectivity index (χ4n) is 2.00. The number of carbonyl (C=O) groups excluding carboxylic acids is 3. The van der Waals surface area contributed by atoms with Crippen LogP contribution in [0, 0.1) is 11.1 Å². The molecule has 0 saturated carbocycles. The van der Waals surface area contributed by atoms with Crippen molar-refractivity contribution in [1.29, 1.82) is 0 Å². The number of hydroxylamine groups is 3. The van der Waals surface area contributed by atoms with Crippen molar-refractivity contribution in [3.63, 3.8) is 0 Å². The molecule has 20 heavy (non-hydrogen) atoms. The first kappa shape index (κ1) is 14.7. The monoisotopic (exact) mass is 302 g/mol. The van der Waals surface area contributed by atoms with E-state index >= 15 is 0 Å². The van der Waals surface area contributed by atoms with Crippen LogP contribution in [0.2, 0.25) is 0 Å². The highest BCUT2D eigenvalue weighted by atomic mass is 31.0. The molecule has 0 spiro atoms. The van der Waals surface area contributed by atoms with Crippen molar-refractivity contribution in [2.45, 2.75) is 31.5 Å². The number of nitrogens with zero attached hydrogens (tertiary/aromatic N) is 2. The van der Waals surface area contributed by atoms with Crippen LogP contribution in [0.3, 0.4) is 0 Å². The molecule has 1 fully saturated rings. The number of ether oxygens (including phenoxy) is 1. The van der Waals surface area contributed by atoms with Crippen LogP contribution in [0.15, 0.2) is 0 Å². The maximum Gasteiger partial charge on any atom is 0.533 e. The zero-order valence-electron chi connectivity index (χ0n) is 10.9. The quantitative estimate of drug-likeness (QED) is 0.246. The van der Waals surface area contributed by atoms with Gasteiger partial charge in [-0.3, -0.25) is 14.4 Å². The van der Waals surface area contributed by atoms with E-state index in [1.807, 2.05) is 0 Å². The SMILES string of the molecule is C[C@@]1(P)[C@H](COC(=O)ON2C(=O)CCC2=O)CC=[N+]1[O-]. The second-order valence-electron chi connectivity index (χ2n) is 4.90. The van der Waals surface area contributed by atoms with Gasteiger partial charge in [0.2, 0.25) is 0 Å². The zero-order valence-corrected chi connectivity index (χ0v) is 12.1. The average molecular weight is 302 g/mol. The summed E-state index contributed by atoms with van der Waals surface area (Å²) in [6.07, 6.45) is 0.869. The second kappa shape index (κ2) is 5.36. The molecule has 0 aromatic carbocycles. The van der Waals surface area contributed by atoms with Gasteiger partial charge in [-0.25, -0.2) is 9.53 Å². The van der Waals surface area contributed by atoms with E-state index in [1.54, 1.807) is 6.92 Å². The molecule has 110 valence electrons. The molecule has 0 aromatic heterocycles. The van der Waals surface area contributed by atoms with E-state index < -0.39 is 23.2 Å². The summed E-state index contributed by atoms with van der Waals surface area (Å²) in [5.74, 6) is -1.34. The minimum atomic E-state index is -1.13. The van der Waals surface area contributed by atoms with Crippen molar-refractivity contribution < 1.29 is 28.7 Å². The Bertz CT molecular complexity index is 473. The number of hydrogen-bond acceptors (Lipinski definition) is 6. The van der Waals surface area contributed by atoms with Gasteiger partial charge in [-0.15, -0.1) is 0 Å². The van der Waals surface area contributed by atoms with E-state index in [9.17, 15) is 19.6 Å². The summed E-state index contributed by atoms with van der Waals surface area (Å²) in [4.78, 5) is 38.5. The lowest BCUT2D eigenvalue weighted by atomic mass is 10.0. The fraction of sp³-hybridized carbons (Fsp3) is 0.636. The van der Waals surface area contributed by atoms with Crippen molar-refractivity contribution in [3.05, 3.63) is 5.21 Å². The molecule has 2 rings (SSSR count). The van der Waals surface area contributed by atoms with Gasteiger partial charge in [-0.05, 0) is 0 Å². The zero-order chi connectivity index (χ0) is 14.9. The number of imide groups is 1. The van der Waals surface area contributed by atoms with Crippen LogP contribution in [0.25, 0.3) is 0 Å². The minimum Gasteiger partial charge on any atom is -0.623 e. The molecule has 2 amide bonds. The molecule has 0 radical (unpaired) electrons. The van der Waals surface area contributed by atoms with E-state index in [-0.39, 0.29) is 25.4 Å². The van der Waals surface area contributed by atoms with Crippen molar-refractivity contribution in [2.24, 2.45) is 5.92 Å². The van der Waals surface area contributed by atoms with Crippen LogP contribution in [0.1, 0.15) is 26.2 Å². The Morgan fingerprint density at radius 1 is 1.55 bits per heavy atom. The molecule has 9 heteroatoms. The van der Waals surface area contributed by atoms with E-state index in [4.69, 9.17) is 4.74 Å². The van der Waals surface area contributed by atoms with Gasteiger partial charge < -0.3 is 9.94 Å². The average Bonchev–Trinajstić information content (AvgIpc) is 2.82. The van der Waals surface area contributed by atoms with Crippen molar-refractivity contribution in [1.82, 2.24) is 5.06 Å². The van der Waals surface area contributed by atoms with Crippen molar-refractivity contribution >= 4 is 33.4 Å². The Morgan fingerprint density at radius 2 is 2.15 bits per heavy atom. The Kier molecular flexibility index (Phi) is 3.94. The normalized spacial score (nSPS) is 29.6. The molecule has 2 heterocycles. The molecular formula is C11H15N2O6P. The lowest BCUT2D eigenvalue weighted by Gasteiger charge is -2.25. The van der Waals surface area contributed by atoms with Crippen molar-refractivity contribution in [3.8, 4) is 0 Å². The molecule has 3 atom stereocenters. The van der Waals surface area contributed by atoms with Crippen LogP contribution in [0.5, 0.6) is 0 Å². The number of hydrogen-bond donors (Lipinski definition) is 0. The highest BCUT2D eigenvalue weighted by molar-refractivity contribution is 7.18. The largest absolute Gasteiger partial charge is 0.623 e. The highest BCUT2D eigenvalue weighted by Gasteiger charge is 2.43. The third-order valence-electron chi connectivity index (χ3n) is 3.43. The lowest BCUT2D eigenvalue weighted by molar-refractivity contribution is -0.508. The summed E-state index contributed by atoms with van der Waals surface area (Å²) in [7, 11) is 2.42. The first-order valence-corrected chi connectivity index (χ1v) is 6.69. The Morgan fingerprint density at radius 3 is 2.65 bits per heavy atom. The third kappa shape index (κ3) is 2.75. The third-order valence-corrected chi connectivity index (χ3v) is 4.16. The molecule has 0 aliphatic carbocycles. The first-order chi connectivity index (χ1) is 9.32. The van der Waals surface area contributed by atoms with E-state index in [2.05, 4.69) is 14.1 Å². The van der Waals surface area contributed by atoms with Crippen molar-refractivity contribution in [2.75, 3.05) is 6.61 Å². The van der Waals surface area contributed by atoms with Crippen LogP contribution >= 0.6 is 9.24 Å². The fourth-order valence-corrected chi connectivity index (χ4v) is 2.34. The van der Waals surface area contributed by atoms with Crippen LogP contribution in [-0.4, -0.2) is 45.9 Å². The van der Waals surface area contributed by atoms with Gasteiger partial charge in [0, 0.05) is 26.2 Å². The molecule has 2 aliphatic heterocycles. The minimum absolute atomic E-state index is 0.0263. The summed E-state index contributed by atoms with van der Waals surface area (Å²) in [6.45, 7) is 1.67. The number of amides is 2. The molecule has 0 aromatic rings. The topological polar surface area (TPSA) is 99.0 Å². The molecule has 0 bridgehead atoms. The van der Waals surface area contributed by atoms with Gasteiger partial charge in [0.25, 0.3) is 11.8 Å². The number of rotatable bonds is 3. The molecule has 0 N–H and O–H groups in total. The van der Waals surface area contributed by atoms with Gasteiger partial charge in [0.1, 0.15) is 6.61 Å². The Hall–Kier alpha value is -1.69.